The highest BCUT2D eigenvalue weighted by molar-refractivity contribution is 6.20. The molecule has 13 heavy (non-hydrogen) atoms. The van der Waals surface area contributed by atoms with E-state index in [1.54, 1.807) is 18.2 Å². The largest absolute Gasteiger partial charge is 0.207 e. The minimum Gasteiger partial charge on any atom is -0.207 e. The third-order valence-corrected chi connectivity index (χ3v) is 1.77. The molecule has 1 nitrogen and oxygen atoms in total. The van der Waals surface area contributed by atoms with Crippen molar-refractivity contribution in [3.05, 3.63) is 41.2 Å². The average Bonchev–Trinajstić information content (AvgIpc) is 2.14. The van der Waals surface area contributed by atoms with Crippen molar-refractivity contribution in [3.8, 4) is 6.07 Å². The monoisotopic (exact) mass is 195 g/mol. The second-order valence-electron chi connectivity index (χ2n) is 2.47. The molecule has 0 radical (unpaired) electrons. The number of alkyl halides is 1. The van der Waals surface area contributed by atoms with Crippen LogP contribution in [-0.2, 0) is 0 Å². The van der Waals surface area contributed by atoms with E-state index in [2.05, 4.69) is 0 Å². The zero-order valence-electron chi connectivity index (χ0n) is 6.80. The molecule has 0 spiro atoms. The Labute approximate surface area is 81.1 Å². The van der Waals surface area contributed by atoms with Gasteiger partial charge in [-0.1, -0.05) is 12.1 Å². The van der Waals surface area contributed by atoms with Crippen LogP contribution in [0.3, 0.4) is 0 Å². The van der Waals surface area contributed by atoms with Crippen molar-refractivity contribution in [3.63, 3.8) is 0 Å². The van der Waals surface area contributed by atoms with Gasteiger partial charge in [-0.25, -0.2) is 4.39 Å². The highest BCUT2D eigenvalue weighted by Gasteiger charge is 1.95. The third-order valence-electron chi connectivity index (χ3n) is 1.48. The summed E-state index contributed by atoms with van der Waals surface area (Å²) in [6, 6.07) is 7.93. The number of rotatable bonds is 2. The van der Waals surface area contributed by atoms with E-state index < -0.39 is 0 Å². The Balaban J connectivity index is 2.97. The Morgan fingerprint density at radius 2 is 2.38 bits per heavy atom. The van der Waals surface area contributed by atoms with Gasteiger partial charge in [0, 0.05) is 5.57 Å². The van der Waals surface area contributed by atoms with Gasteiger partial charge in [0.1, 0.15) is 5.82 Å². The van der Waals surface area contributed by atoms with E-state index in [1.807, 2.05) is 6.07 Å². The van der Waals surface area contributed by atoms with Crippen LogP contribution < -0.4 is 0 Å². The first-order valence-corrected chi connectivity index (χ1v) is 4.22. The maximum atomic E-state index is 12.7. The first-order chi connectivity index (χ1) is 6.26. The number of benzene rings is 1. The van der Waals surface area contributed by atoms with Gasteiger partial charge in [-0.2, -0.15) is 5.26 Å². The molecule has 0 fully saturated rings. The number of hydrogen-bond donors (Lipinski definition) is 0. The van der Waals surface area contributed by atoms with Crippen LogP contribution in [0.15, 0.2) is 29.8 Å². The molecule has 1 aromatic rings. The fourth-order valence-electron chi connectivity index (χ4n) is 0.898. The maximum Gasteiger partial charge on any atom is 0.123 e. The zero-order chi connectivity index (χ0) is 9.68. The SMILES string of the molecule is N#C/C(=C/c1cccc(F)c1)CCl. The van der Waals surface area contributed by atoms with Crippen molar-refractivity contribution < 1.29 is 4.39 Å². The lowest BCUT2D eigenvalue weighted by atomic mass is 10.1. The lowest BCUT2D eigenvalue weighted by Crippen LogP contribution is -1.81. The van der Waals surface area contributed by atoms with Crippen LogP contribution in [0.25, 0.3) is 6.08 Å². The van der Waals surface area contributed by atoms with Gasteiger partial charge in [0.25, 0.3) is 0 Å². The molecule has 0 amide bonds. The van der Waals surface area contributed by atoms with Crippen LogP contribution in [0.1, 0.15) is 5.56 Å². The van der Waals surface area contributed by atoms with Gasteiger partial charge in [-0.3, -0.25) is 0 Å². The molecule has 0 aliphatic heterocycles. The van der Waals surface area contributed by atoms with Gasteiger partial charge in [0.05, 0.1) is 11.9 Å². The lowest BCUT2D eigenvalue weighted by molar-refractivity contribution is 0.627. The average molecular weight is 196 g/mol. The summed E-state index contributed by atoms with van der Waals surface area (Å²) in [5.74, 6) is -0.173. The first-order valence-electron chi connectivity index (χ1n) is 3.68. The van der Waals surface area contributed by atoms with Crippen LogP contribution in [0.2, 0.25) is 0 Å². The van der Waals surface area contributed by atoms with E-state index >= 15 is 0 Å². The van der Waals surface area contributed by atoms with E-state index in [0.717, 1.165) is 0 Å². The van der Waals surface area contributed by atoms with E-state index in [4.69, 9.17) is 16.9 Å². The van der Waals surface area contributed by atoms with Crippen LogP contribution >= 0.6 is 11.6 Å². The summed E-state index contributed by atoms with van der Waals surface area (Å²) in [4.78, 5) is 0. The quantitative estimate of drug-likeness (QED) is 0.526. The molecule has 0 heterocycles. The molecule has 1 rings (SSSR count). The molecule has 0 aliphatic rings. The number of allylic oxidation sites excluding steroid dienone is 1. The lowest BCUT2D eigenvalue weighted by Gasteiger charge is -1.94. The van der Waals surface area contributed by atoms with E-state index in [1.165, 1.54) is 12.1 Å². The Kier molecular flexibility index (Phi) is 3.48. The number of nitriles is 1. The normalized spacial score (nSPS) is 11.0. The summed E-state index contributed by atoms with van der Waals surface area (Å²) in [5.41, 5.74) is 1.07. The topological polar surface area (TPSA) is 23.8 Å². The zero-order valence-corrected chi connectivity index (χ0v) is 7.55. The molecule has 1 aromatic carbocycles. The van der Waals surface area contributed by atoms with Crippen molar-refractivity contribution in [2.24, 2.45) is 0 Å². The van der Waals surface area contributed by atoms with Crippen molar-refractivity contribution in [1.29, 1.82) is 5.26 Å². The molecule has 0 saturated carbocycles. The van der Waals surface area contributed by atoms with Gasteiger partial charge in [0.2, 0.25) is 0 Å². The minimum absolute atomic E-state index is 0.146. The number of halogens is 2. The second-order valence-corrected chi connectivity index (χ2v) is 2.74. The molecule has 0 aromatic heterocycles. The Morgan fingerprint density at radius 1 is 1.62 bits per heavy atom. The summed E-state index contributed by atoms with van der Waals surface area (Å²) < 4.78 is 12.7. The Hall–Kier alpha value is -1.33. The molecule has 0 saturated heterocycles. The molecule has 3 heteroatoms. The van der Waals surface area contributed by atoms with Gasteiger partial charge in [-0.15, -0.1) is 11.6 Å². The Morgan fingerprint density at radius 3 is 2.92 bits per heavy atom. The predicted molar refractivity (Wildman–Crippen MR) is 50.7 cm³/mol. The smallest absolute Gasteiger partial charge is 0.123 e. The molecular formula is C10H7ClFN. The standard InChI is InChI=1S/C10H7ClFN/c11-6-9(7-13)4-8-2-1-3-10(12)5-8/h1-5H,6H2/b9-4+. The summed E-state index contributed by atoms with van der Waals surface area (Å²) >= 11 is 5.47. The molecule has 0 unspecified atom stereocenters. The van der Waals surface area contributed by atoms with Gasteiger partial charge < -0.3 is 0 Å². The van der Waals surface area contributed by atoms with Gasteiger partial charge >= 0.3 is 0 Å². The van der Waals surface area contributed by atoms with Crippen LogP contribution in [0, 0.1) is 17.1 Å². The molecule has 0 N–H and O–H groups in total. The van der Waals surface area contributed by atoms with Crippen LogP contribution in [0.4, 0.5) is 4.39 Å². The van der Waals surface area contributed by atoms with Crippen molar-refractivity contribution in [1.82, 2.24) is 0 Å². The van der Waals surface area contributed by atoms with E-state index in [-0.39, 0.29) is 11.7 Å². The van der Waals surface area contributed by atoms with Gasteiger partial charge in [0.15, 0.2) is 0 Å². The van der Waals surface area contributed by atoms with E-state index in [9.17, 15) is 4.39 Å². The number of hydrogen-bond acceptors (Lipinski definition) is 1. The number of nitrogens with zero attached hydrogens (tertiary/aromatic N) is 1. The predicted octanol–water partition coefficient (Wildman–Crippen LogP) is 2.97. The summed E-state index contributed by atoms with van der Waals surface area (Å²) in [6.45, 7) is 0. The summed E-state index contributed by atoms with van der Waals surface area (Å²) in [5, 5.41) is 8.56. The van der Waals surface area contributed by atoms with Crippen LogP contribution in [-0.4, -0.2) is 5.88 Å². The highest BCUT2D eigenvalue weighted by atomic mass is 35.5. The summed E-state index contributed by atoms with van der Waals surface area (Å²) in [7, 11) is 0. The van der Waals surface area contributed by atoms with Crippen molar-refractivity contribution in [2.75, 3.05) is 5.88 Å². The van der Waals surface area contributed by atoms with Gasteiger partial charge in [-0.05, 0) is 23.8 Å². The minimum atomic E-state index is -0.319. The molecule has 0 bridgehead atoms. The van der Waals surface area contributed by atoms with Crippen LogP contribution in [0.5, 0.6) is 0 Å². The van der Waals surface area contributed by atoms with E-state index in [0.29, 0.717) is 11.1 Å². The third kappa shape index (κ3) is 2.89. The molecular weight excluding hydrogens is 189 g/mol. The molecule has 0 aliphatic carbocycles. The maximum absolute atomic E-state index is 12.7. The second kappa shape index (κ2) is 4.64. The fraction of sp³-hybridized carbons (Fsp3) is 0.100. The Bertz CT molecular complexity index is 365. The molecule has 0 atom stereocenters. The summed E-state index contributed by atoms with van der Waals surface area (Å²) in [6.07, 6.45) is 1.57. The highest BCUT2D eigenvalue weighted by Crippen LogP contribution is 2.09. The first kappa shape index (κ1) is 9.76. The van der Waals surface area contributed by atoms with Crippen molar-refractivity contribution >= 4 is 17.7 Å². The molecule has 66 valence electrons. The fourth-order valence-corrected chi connectivity index (χ4v) is 1.04. The van der Waals surface area contributed by atoms with Crippen molar-refractivity contribution in [2.45, 2.75) is 0 Å².